The average Bonchev–Trinajstić information content (AvgIpc) is 2.18. The van der Waals surface area contributed by atoms with Gasteiger partial charge in [0, 0.05) is 19.5 Å². The van der Waals surface area contributed by atoms with Gasteiger partial charge in [-0.25, -0.2) is 4.39 Å². The SMILES string of the molecule is CN(CCCCCl)c1ccccc1F. The van der Waals surface area contributed by atoms with Gasteiger partial charge in [0.25, 0.3) is 0 Å². The van der Waals surface area contributed by atoms with E-state index in [0.717, 1.165) is 19.4 Å². The molecule has 0 N–H and O–H groups in total. The van der Waals surface area contributed by atoms with Crippen LogP contribution in [-0.2, 0) is 0 Å². The van der Waals surface area contributed by atoms with E-state index in [0.29, 0.717) is 11.6 Å². The van der Waals surface area contributed by atoms with Crippen molar-refractivity contribution in [1.82, 2.24) is 0 Å². The van der Waals surface area contributed by atoms with Crippen LogP contribution in [0.2, 0.25) is 0 Å². The number of benzene rings is 1. The van der Waals surface area contributed by atoms with Gasteiger partial charge in [-0.2, -0.15) is 0 Å². The minimum absolute atomic E-state index is 0.166. The second kappa shape index (κ2) is 5.86. The molecular formula is C11H15ClFN. The van der Waals surface area contributed by atoms with Crippen molar-refractivity contribution in [2.24, 2.45) is 0 Å². The zero-order chi connectivity index (χ0) is 10.4. The second-order valence-corrected chi connectivity index (χ2v) is 3.65. The van der Waals surface area contributed by atoms with Gasteiger partial charge in [0.05, 0.1) is 5.69 Å². The molecule has 1 aromatic rings. The highest BCUT2D eigenvalue weighted by Gasteiger charge is 2.04. The van der Waals surface area contributed by atoms with Gasteiger partial charge in [0.1, 0.15) is 5.82 Å². The molecule has 0 spiro atoms. The molecule has 0 heterocycles. The topological polar surface area (TPSA) is 3.24 Å². The largest absolute Gasteiger partial charge is 0.372 e. The summed E-state index contributed by atoms with van der Waals surface area (Å²) in [5.41, 5.74) is 0.655. The third-order valence-corrected chi connectivity index (χ3v) is 2.41. The van der Waals surface area contributed by atoms with Crippen molar-refractivity contribution in [3.05, 3.63) is 30.1 Å². The molecule has 0 bridgehead atoms. The fraction of sp³-hybridized carbons (Fsp3) is 0.455. The van der Waals surface area contributed by atoms with E-state index in [2.05, 4.69) is 0 Å². The van der Waals surface area contributed by atoms with Crippen molar-refractivity contribution in [3.8, 4) is 0 Å². The summed E-state index contributed by atoms with van der Waals surface area (Å²) in [5, 5.41) is 0. The predicted molar refractivity (Wildman–Crippen MR) is 59.6 cm³/mol. The quantitative estimate of drug-likeness (QED) is 0.538. The van der Waals surface area contributed by atoms with Crippen LogP contribution < -0.4 is 4.90 Å². The Labute approximate surface area is 89.5 Å². The van der Waals surface area contributed by atoms with Crippen LogP contribution in [-0.4, -0.2) is 19.5 Å². The number of hydrogen-bond donors (Lipinski definition) is 0. The smallest absolute Gasteiger partial charge is 0.146 e. The molecule has 0 fully saturated rings. The summed E-state index contributed by atoms with van der Waals surface area (Å²) in [7, 11) is 1.90. The maximum atomic E-state index is 13.3. The Hall–Kier alpha value is -0.760. The molecule has 78 valence electrons. The van der Waals surface area contributed by atoms with Crippen LogP contribution >= 0.6 is 11.6 Å². The molecule has 1 nitrogen and oxygen atoms in total. The van der Waals surface area contributed by atoms with Gasteiger partial charge in [-0.3, -0.25) is 0 Å². The molecule has 0 unspecified atom stereocenters. The van der Waals surface area contributed by atoms with E-state index < -0.39 is 0 Å². The minimum atomic E-state index is -0.166. The minimum Gasteiger partial charge on any atom is -0.372 e. The van der Waals surface area contributed by atoms with Crippen LogP contribution in [0.25, 0.3) is 0 Å². The first-order valence-corrected chi connectivity index (χ1v) is 5.31. The number of rotatable bonds is 5. The van der Waals surface area contributed by atoms with E-state index >= 15 is 0 Å². The van der Waals surface area contributed by atoms with Crippen LogP contribution in [0.5, 0.6) is 0 Å². The van der Waals surface area contributed by atoms with Crippen LogP contribution in [0.4, 0.5) is 10.1 Å². The fourth-order valence-electron chi connectivity index (χ4n) is 1.33. The first kappa shape index (κ1) is 11.3. The Morgan fingerprint density at radius 3 is 2.64 bits per heavy atom. The number of halogens is 2. The molecule has 0 saturated heterocycles. The Kier molecular flexibility index (Phi) is 4.74. The molecule has 0 saturated carbocycles. The average molecular weight is 216 g/mol. The molecule has 0 aromatic heterocycles. The van der Waals surface area contributed by atoms with Crippen molar-refractivity contribution in [3.63, 3.8) is 0 Å². The lowest BCUT2D eigenvalue weighted by Crippen LogP contribution is -2.19. The van der Waals surface area contributed by atoms with E-state index in [-0.39, 0.29) is 5.82 Å². The molecule has 0 atom stereocenters. The highest BCUT2D eigenvalue weighted by Crippen LogP contribution is 2.17. The third kappa shape index (κ3) is 3.18. The Balaban J connectivity index is 2.51. The van der Waals surface area contributed by atoms with E-state index in [1.165, 1.54) is 6.07 Å². The number of alkyl halides is 1. The number of nitrogens with zero attached hydrogens (tertiary/aromatic N) is 1. The fourth-order valence-corrected chi connectivity index (χ4v) is 1.51. The Bertz CT molecular complexity index is 278. The molecule has 0 amide bonds. The van der Waals surface area contributed by atoms with Gasteiger partial charge in [0.2, 0.25) is 0 Å². The van der Waals surface area contributed by atoms with Crippen molar-refractivity contribution in [2.45, 2.75) is 12.8 Å². The molecule has 3 heteroatoms. The number of para-hydroxylation sites is 1. The van der Waals surface area contributed by atoms with Gasteiger partial charge < -0.3 is 4.90 Å². The van der Waals surface area contributed by atoms with Crippen molar-refractivity contribution in [2.75, 3.05) is 24.4 Å². The normalized spacial score (nSPS) is 10.2. The summed E-state index contributed by atoms with van der Waals surface area (Å²) in [6, 6.07) is 6.81. The van der Waals surface area contributed by atoms with Crippen LogP contribution in [0.3, 0.4) is 0 Å². The standard InChI is InChI=1S/C11H15ClFN/c1-14(9-5-4-8-12)11-7-3-2-6-10(11)13/h2-3,6-7H,4-5,8-9H2,1H3. The summed E-state index contributed by atoms with van der Waals surface area (Å²) in [4.78, 5) is 1.92. The van der Waals surface area contributed by atoms with Crippen molar-refractivity contribution >= 4 is 17.3 Å². The van der Waals surface area contributed by atoms with E-state index in [1.807, 2.05) is 18.0 Å². The van der Waals surface area contributed by atoms with E-state index in [1.54, 1.807) is 12.1 Å². The monoisotopic (exact) mass is 215 g/mol. The van der Waals surface area contributed by atoms with Crippen molar-refractivity contribution in [1.29, 1.82) is 0 Å². The van der Waals surface area contributed by atoms with Gasteiger partial charge in [-0.15, -0.1) is 11.6 Å². The zero-order valence-corrected chi connectivity index (χ0v) is 9.10. The van der Waals surface area contributed by atoms with Gasteiger partial charge >= 0.3 is 0 Å². The predicted octanol–water partition coefficient (Wildman–Crippen LogP) is 3.28. The third-order valence-electron chi connectivity index (χ3n) is 2.14. The number of hydrogen-bond acceptors (Lipinski definition) is 1. The molecule has 0 aliphatic carbocycles. The molecule has 1 rings (SSSR count). The summed E-state index contributed by atoms with van der Waals surface area (Å²) in [6.07, 6.45) is 1.97. The molecule has 0 aliphatic rings. The lowest BCUT2D eigenvalue weighted by molar-refractivity contribution is 0.620. The highest BCUT2D eigenvalue weighted by atomic mass is 35.5. The molecule has 14 heavy (non-hydrogen) atoms. The zero-order valence-electron chi connectivity index (χ0n) is 8.34. The highest BCUT2D eigenvalue weighted by molar-refractivity contribution is 6.17. The lowest BCUT2D eigenvalue weighted by Gasteiger charge is -2.19. The second-order valence-electron chi connectivity index (χ2n) is 3.27. The first-order valence-electron chi connectivity index (χ1n) is 4.77. The first-order chi connectivity index (χ1) is 6.75. The van der Waals surface area contributed by atoms with Gasteiger partial charge in [-0.1, -0.05) is 12.1 Å². The van der Waals surface area contributed by atoms with Crippen molar-refractivity contribution < 1.29 is 4.39 Å². The Morgan fingerprint density at radius 1 is 1.29 bits per heavy atom. The molecule has 0 aliphatic heterocycles. The maximum Gasteiger partial charge on any atom is 0.146 e. The summed E-state index contributed by atoms with van der Waals surface area (Å²) in [5.74, 6) is 0.506. The number of unbranched alkanes of at least 4 members (excludes halogenated alkanes) is 1. The molecule has 0 radical (unpaired) electrons. The Morgan fingerprint density at radius 2 is 2.00 bits per heavy atom. The summed E-state index contributed by atoms with van der Waals surface area (Å²) >= 11 is 5.57. The maximum absolute atomic E-state index is 13.3. The van der Waals surface area contributed by atoms with Crippen LogP contribution in [0.1, 0.15) is 12.8 Å². The van der Waals surface area contributed by atoms with E-state index in [4.69, 9.17) is 11.6 Å². The van der Waals surface area contributed by atoms with Crippen LogP contribution in [0, 0.1) is 5.82 Å². The summed E-state index contributed by atoms with van der Waals surface area (Å²) < 4.78 is 13.3. The van der Waals surface area contributed by atoms with Gasteiger partial charge in [0.15, 0.2) is 0 Å². The number of anilines is 1. The van der Waals surface area contributed by atoms with E-state index in [9.17, 15) is 4.39 Å². The lowest BCUT2D eigenvalue weighted by atomic mass is 10.2. The molecule has 1 aromatic carbocycles. The van der Waals surface area contributed by atoms with Crippen LogP contribution in [0.15, 0.2) is 24.3 Å². The van der Waals surface area contributed by atoms with Gasteiger partial charge in [-0.05, 0) is 25.0 Å². The molecular weight excluding hydrogens is 201 g/mol. The summed E-state index contributed by atoms with van der Waals surface area (Å²) in [6.45, 7) is 0.841.